The van der Waals surface area contributed by atoms with E-state index in [0.717, 1.165) is 42.6 Å². The van der Waals surface area contributed by atoms with Crippen LogP contribution in [0, 0.1) is 0 Å². The van der Waals surface area contributed by atoms with Crippen LogP contribution in [0.25, 0.3) is 11.2 Å². The fraction of sp³-hybridized carbons (Fsp3) is 0.273. The van der Waals surface area contributed by atoms with Gasteiger partial charge in [0.25, 0.3) is 0 Å². The second-order valence-electron chi connectivity index (χ2n) is 6.76. The van der Waals surface area contributed by atoms with Gasteiger partial charge < -0.3 is 19.4 Å². The fourth-order valence-corrected chi connectivity index (χ4v) is 3.52. The molecule has 1 aliphatic heterocycles. The number of imidazole rings is 1. The van der Waals surface area contributed by atoms with Gasteiger partial charge in [-0.1, -0.05) is 24.3 Å². The van der Waals surface area contributed by atoms with Gasteiger partial charge in [-0.05, 0) is 41.8 Å². The summed E-state index contributed by atoms with van der Waals surface area (Å²) in [5.41, 5.74) is 4.53. The summed E-state index contributed by atoms with van der Waals surface area (Å²) < 4.78 is 7.38. The summed E-state index contributed by atoms with van der Waals surface area (Å²) >= 11 is 0. The molecule has 6 heteroatoms. The Labute approximate surface area is 165 Å². The first kappa shape index (κ1) is 18.1. The number of aliphatic imine (C=N–C) groups is 1. The average molecular weight is 375 g/mol. The van der Waals surface area contributed by atoms with Gasteiger partial charge in [-0.25, -0.2) is 4.98 Å². The Balaban J connectivity index is 1.40. The van der Waals surface area contributed by atoms with Crippen molar-refractivity contribution in [3.63, 3.8) is 0 Å². The van der Waals surface area contributed by atoms with Gasteiger partial charge in [0.15, 0.2) is 5.96 Å². The average Bonchev–Trinajstić information content (AvgIpc) is 3.17. The van der Waals surface area contributed by atoms with Crippen molar-refractivity contribution in [2.24, 2.45) is 4.99 Å². The van der Waals surface area contributed by atoms with Crippen LogP contribution >= 0.6 is 0 Å². The molecule has 0 fully saturated rings. The van der Waals surface area contributed by atoms with Crippen molar-refractivity contribution in [3.8, 4) is 5.75 Å². The fourth-order valence-electron chi connectivity index (χ4n) is 3.52. The van der Waals surface area contributed by atoms with Crippen molar-refractivity contribution in [1.82, 2.24) is 19.6 Å². The van der Waals surface area contributed by atoms with Gasteiger partial charge in [0.05, 0.1) is 19.3 Å². The summed E-state index contributed by atoms with van der Waals surface area (Å²) in [4.78, 5) is 11.4. The first-order chi connectivity index (χ1) is 13.8. The Morgan fingerprint density at radius 3 is 2.93 bits per heavy atom. The van der Waals surface area contributed by atoms with E-state index in [1.807, 2.05) is 54.2 Å². The number of pyridine rings is 1. The van der Waals surface area contributed by atoms with Crippen molar-refractivity contribution in [2.45, 2.75) is 13.0 Å². The lowest BCUT2D eigenvalue weighted by Crippen LogP contribution is -2.43. The Bertz CT molecular complexity index is 987. The van der Waals surface area contributed by atoms with Crippen LogP contribution in [0.5, 0.6) is 5.75 Å². The number of ether oxygens (including phenoxy) is 1. The summed E-state index contributed by atoms with van der Waals surface area (Å²) in [7, 11) is 3.53. The highest BCUT2D eigenvalue weighted by atomic mass is 16.5. The van der Waals surface area contributed by atoms with Gasteiger partial charge in [-0.2, -0.15) is 0 Å². The number of benzene rings is 1. The highest BCUT2D eigenvalue weighted by Crippen LogP contribution is 2.25. The van der Waals surface area contributed by atoms with Crippen LogP contribution in [0.4, 0.5) is 0 Å². The lowest BCUT2D eigenvalue weighted by atomic mass is 9.99. The minimum atomic E-state index is 0.650. The Kier molecular flexibility index (Phi) is 5.28. The Hall–Kier alpha value is -3.28. The Morgan fingerprint density at radius 1 is 1.25 bits per heavy atom. The standard InChI is InChI=1S/C22H25N5O/c1-23-22(24-15-19-16-27-11-4-3-8-21(27)25-19)26-12-9-17(10-13-26)18-6-5-7-20(14-18)28-2/h3-9,11,14,16H,10,12-13,15H2,1-2H3,(H,23,24). The number of aromatic nitrogens is 2. The largest absolute Gasteiger partial charge is 0.497 e. The maximum Gasteiger partial charge on any atom is 0.194 e. The molecular formula is C22H25N5O. The first-order valence-electron chi connectivity index (χ1n) is 9.48. The molecule has 0 atom stereocenters. The second-order valence-corrected chi connectivity index (χ2v) is 6.76. The topological polar surface area (TPSA) is 54.2 Å². The second kappa shape index (κ2) is 8.17. The number of hydrogen-bond donors (Lipinski definition) is 1. The van der Waals surface area contributed by atoms with Crippen LogP contribution in [0.1, 0.15) is 17.7 Å². The molecule has 0 spiro atoms. The highest BCUT2D eigenvalue weighted by Gasteiger charge is 2.16. The van der Waals surface area contributed by atoms with Crippen LogP contribution in [-0.4, -0.2) is 47.5 Å². The van der Waals surface area contributed by atoms with Gasteiger partial charge in [0.1, 0.15) is 11.4 Å². The van der Waals surface area contributed by atoms with E-state index in [2.05, 4.69) is 38.4 Å². The number of methoxy groups -OCH3 is 1. The van der Waals surface area contributed by atoms with Crippen LogP contribution in [0.15, 0.2) is 65.9 Å². The maximum absolute atomic E-state index is 5.34. The van der Waals surface area contributed by atoms with E-state index >= 15 is 0 Å². The van der Waals surface area contributed by atoms with Crippen LogP contribution in [0.3, 0.4) is 0 Å². The van der Waals surface area contributed by atoms with Crippen molar-refractivity contribution in [1.29, 1.82) is 0 Å². The Morgan fingerprint density at radius 2 is 2.18 bits per heavy atom. The molecule has 0 saturated carbocycles. The third-order valence-electron chi connectivity index (χ3n) is 5.00. The number of hydrogen-bond acceptors (Lipinski definition) is 3. The molecule has 1 aromatic carbocycles. The van der Waals surface area contributed by atoms with Crippen molar-refractivity contribution < 1.29 is 4.74 Å². The molecule has 1 N–H and O–H groups in total. The molecule has 144 valence electrons. The molecule has 0 amide bonds. The zero-order chi connectivity index (χ0) is 19.3. The number of guanidine groups is 1. The molecule has 4 rings (SSSR count). The third kappa shape index (κ3) is 3.86. The normalized spacial score (nSPS) is 14.9. The number of nitrogens with one attached hydrogen (secondary N) is 1. The molecule has 6 nitrogen and oxygen atoms in total. The summed E-state index contributed by atoms with van der Waals surface area (Å²) in [5, 5.41) is 3.44. The zero-order valence-corrected chi connectivity index (χ0v) is 16.3. The summed E-state index contributed by atoms with van der Waals surface area (Å²) in [5.74, 6) is 1.80. The van der Waals surface area contributed by atoms with E-state index in [9.17, 15) is 0 Å². The molecule has 28 heavy (non-hydrogen) atoms. The SMILES string of the molecule is CN=C(NCc1cn2ccccc2n1)N1CC=C(c2cccc(OC)c2)CC1. The molecule has 0 bridgehead atoms. The lowest BCUT2D eigenvalue weighted by Gasteiger charge is -2.29. The molecule has 0 aliphatic carbocycles. The van der Waals surface area contributed by atoms with Gasteiger partial charge in [-0.15, -0.1) is 0 Å². The van der Waals surface area contributed by atoms with E-state index in [0.29, 0.717) is 6.54 Å². The van der Waals surface area contributed by atoms with Crippen LogP contribution in [-0.2, 0) is 6.54 Å². The molecular weight excluding hydrogens is 350 g/mol. The van der Waals surface area contributed by atoms with E-state index < -0.39 is 0 Å². The monoisotopic (exact) mass is 375 g/mol. The highest BCUT2D eigenvalue weighted by molar-refractivity contribution is 5.81. The smallest absolute Gasteiger partial charge is 0.194 e. The first-order valence-corrected chi connectivity index (χ1v) is 9.48. The molecule has 1 aliphatic rings. The molecule has 2 aromatic heterocycles. The molecule has 3 aromatic rings. The minimum Gasteiger partial charge on any atom is -0.497 e. The summed E-state index contributed by atoms with van der Waals surface area (Å²) in [6, 6.07) is 14.3. The zero-order valence-electron chi connectivity index (χ0n) is 16.3. The third-order valence-corrected chi connectivity index (χ3v) is 5.00. The number of nitrogens with zero attached hydrogens (tertiary/aromatic N) is 4. The van der Waals surface area contributed by atoms with E-state index in [1.54, 1.807) is 7.11 Å². The van der Waals surface area contributed by atoms with Crippen LogP contribution < -0.4 is 10.1 Å². The maximum atomic E-state index is 5.34. The van der Waals surface area contributed by atoms with Gasteiger partial charge >= 0.3 is 0 Å². The molecule has 0 saturated heterocycles. The summed E-state index contributed by atoms with van der Waals surface area (Å²) in [6.07, 6.45) is 7.31. The van der Waals surface area contributed by atoms with Gasteiger partial charge in [-0.3, -0.25) is 4.99 Å². The molecule has 0 radical (unpaired) electrons. The van der Waals surface area contributed by atoms with Crippen molar-refractivity contribution >= 4 is 17.2 Å². The lowest BCUT2D eigenvalue weighted by molar-refractivity contribution is 0.414. The number of fused-ring (bicyclic) bond motifs is 1. The minimum absolute atomic E-state index is 0.650. The van der Waals surface area contributed by atoms with E-state index in [1.165, 1.54) is 11.1 Å². The van der Waals surface area contributed by atoms with Gasteiger partial charge in [0.2, 0.25) is 0 Å². The van der Waals surface area contributed by atoms with Crippen LogP contribution in [0.2, 0.25) is 0 Å². The molecule has 3 heterocycles. The van der Waals surface area contributed by atoms with Gasteiger partial charge in [0, 0.05) is 32.5 Å². The predicted molar refractivity (Wildman–Crippen MR) is 113 cm³/mol. The molecule has 0 unspecified atom stereocenters. The number of rotatable bonds is 4. The quantitative estimate of drug-likeness (QED) is 0.562. The summed E-state index contributed by atoms with van der Waals surface area (Å²) in [6.45, 7) is 2.41. The predicted octanol–water partition coefficient (Wildman–Crippen LogP) is 3.21. The van der Waals surface area contributed by atoms with E-state index in [-0.39, 0.29) is 0 Å². The van der Waals surface area contributed by atoms with E-state index in [4.69, 9.17) is 4.74 Å². The van der Waals surface area contributed by atoms with Crippen molar-refractivity contribution in [2.75, 3.05) is 27.2 Å². The van der Waals surface area contributed by atoms with Crippen molar-refractivity contribution in [3.05, 3.63) is 72.2 Å².